The van der Waals surface area contributed by atoms with E-state index in [2.05, 4.69) is 14.9 Å². The summed E-state index contributed by atoms with van der Waals surface area (Å²) in [7, 11) is 1.18. The minimum atomic E-state index is -2.81. The maximum absolute atomic E-state index is 12.8. The van der Waals surface area contributed by atoms with E-state index in [1.165, 1.54) is 18.7 Å². The van der Waals surface area contributed by atoms with Gasteiger partial charge in [0.25, 0.3) is 0 Å². The molecule has 0 aromatic carbocycles. The monoisotopic (exact) mass is 270 g/mol. The van der Waals surface area contributed by atoms with Gasteiger partial charge in [0.1, 0.15) is 0 Å². The van der Waals surface area contributed by atoms with Crippen LogP contribution in [0.2, 0.25) is 0 Å². The third-order valence-electron chi connectivity index (χ3n) is 2.72. The largest absolute Gasteiger partial charge is 0.464 e. The lowest BCUT2D eigenvalue weighted by atomic mass is 10.2. The number of aromatic nitrogens is 4. The first-order chi connectivity index (χ1) is 9.04. The molecule has 8 heteroatoms. The normalized spacial score (nSPS) is 11.0. The van der Waals surface area contributed by atoms with Crippen LogP contribution in [0.3, 0.4) is 0 Å². The summed E-state index contributed by atoms with van der Waals surface area (Å²) < 4.78 is 32.2. The van der Waals surface area contributed by atoms with Crippen molar-refractivity contribution in [1.29, 1.82) is 0 Å². The molecule has 2 aromatic heterocycles. The van der Waals surface area contributed by atoms with Gasteiger partial charge in [0.2, 0.25) is 0 Å². The first kappa shape index (κ1) is 13.2. The minimum absolute atomic E-state index is 0.115. The molecule has 0 aliphatic heterocycles. The van der Waals surface area contributed by atoms with Crippen molar-refractivity contribution < 1.29 is 18.3 Å². The Kier molecular flexibility index (Phi) is 3.59. The molecule has 0 saturated heterocycles. The van der Waals surface area contributed by atoms with Gasteiger partial charge in [-0.25, -0.2) is 9.48 Å². The molecule has 0 N–H and O–H groups in total. The van der Waals surface area contributed by atoms with Crippen molar-refractivity contribution in [3.05, 3.63) is 35.4 Å². The van der Waals surface area contributed by atoms with E-state index in [9.17, 15) is 13.6 Å². The van der Waals surface area contributed by atoms with Crippen LogP contribution in [-0.4, -0.2) is 32.6 Å². The molecule has 102 valence electrons. The number of esters is 1. The summed E-state index contributed by atoms with van der Waals surface area (Å²) in [5.41, 5.74) is 0.470. The van der Waals surface area contributed by atoms with Crippen LogP contribution in [0.4, 0.5) is 8.78 Å². The standard InChI is InChI=1S/C11H12F2N4O2/c1-7-8(6-16-5-3-4-14-16)9(10(18)19-2)15-17(7)11(12)13/h3-5,11H,6H2,1-2H3. The molecule has 2 heterocycles. The Morgan fingerprint density at radius 3 is 2.79 bits per heavy atom. The molecule has 0 radical (unpaired) electrons. The van der Waals surface area contributed by atoms with Crippen molar-refractivity contribution in [1.82, 2.24) is 19.6 Å². The molecule has 0 bridgehead atoms. The average molecular weight is 270 g/mol. The predicted octanol–water partition coefficient (Wildman–Crippen LogP) is 1.62. The van der Waals surface area contributed by atoms with E-state index in [4.69, 9.17) is 0 Å². The van der Waals surface area contributed by atoms with E-state index >= 15 is 0 Å². The van der Waals surface area contributed by atoms with Gasteiger partial charge in [0.05, 0.1) is 13.7 Å². The molecule has 0 fully saturated rings. The maximum atomic E-state index is 12.8. The molecule has 0 saturated carbocycles. The topological polar surface area (TPSA) is 61.9 Å². The van der Waals surface area contributed by atoms with Crippen molar-refractivity contribution in [2.45, 2.75) is 20.0 Å². The fraction of sp³-hybridized carbons (Fsp3) is 0.364. The molecule has 0 aliphatic rings. The van der Waals surface area contributed by atoms with Crippen molar-refractivity contribution in [3.63, 3.8) is 0 Å². The number of hydrogen-bond acceptors (Lipinski definition) is 4. The molecule has 0 atom stereocenters. The highest BCUT2D eigenvalue weighted by atomic mass is 19.3. The second kappa shape index (κ2) is 5.17. The lowest BCUT2D eigenvalue weighted by molar-refractivity contribution is 0.0507. The smallest absolute Gasteiger partial charge is 0.358 e. The number of halogens is 2. The fourth-order valence-electron chi connectivity index (χ4n) is 1.75. The van der Waals surface area contributed by atoms with E-state index in [-0.39, 0.29) is 17.9 Å². The van der Waals surface area contributed by atoms with Gasteiger partial charge in [-0.15, -0.1) is 0 Å². The summed E-state index contributed by atoms with van der Waals surface area (Å²) in [6, 6.07) is 1.70. The van der Waals surface area contributed by atoms with E-state index in [0.717, 1.165) is 0 Å². The highest BCUT2D eigenvalue weighted by Crippen LogP contribution is 2.21. The van der Waals surface area contributed by atoms with Crippen molar-refractivity contribution >= 4 is 5.97 Å². The number of carbonyl (C=O) groups is 1. The number of nitrogens with zero attached hydrogens (tertiary/aromatic N) is 4. The molecule has 2 rings (SSSR count). The number of ether oxygens (including phenoxy) is 1. The zero-order valence-electron chi connectivity index (χ0n) is 10.4. The van der Waals surface area contributed by atoms with Crippen molar-refractivity contribution in [2.24, 2.45) is 0 Å². The summed E-state index contributed by atoms with van der Waals surface area (Å²) >= 11 is 0. The summed E-state index contributed by atoms with van der Waals surface area (Å²) in [5.74, 6) is -0.746. The van der Waals surface area contributed by atoms with Gasteiger partial charge >= 0.3 is 12.5 Å². The van der Waals surface area contributed by atoms with Crippen LogP contribution in [0, 0.1) is 6.92 Å². The van der Waals surface area contributed by atoms with Crippen LogP contribution in [0.5, 0.6) is 0 Å². The average Bonchev–Trinajstić information content (AvgIpc) is 2.99. The van der Waals surface area contributed by atoms with Crippen LogP contribution in [0.1, 0.15) is 28.3 Å². The number of hydrogen-bond donors (Lipinski definition) is 0. The van der Waals surface area contributed by atoms with Crippen LogP contribution in [0.25, 0.3) is 0 Å². The van der Waals surface area contributed by atoms with E-state index < -0.39 is 12.5 Å². The van der Waals surface area contributed by atoms with Gasteiger partial charge < -0.3 is 4.74 Å². The highest BCUT2D eigenvalue weighted by molar-refractivity contribution is 5.89. The summed E-state index contributed by atoms with van der Waals surface area (Å²) in [6.45, 7) is -1.16. The second-order valence-corrected chi connectivity index (χ2v) is 3.83. The SMILES string of the molecule is COC(=O)c1nn(C(F)F)c(C)c1Cn1cccn1. The second-order valence-electron chi connectivity index (χ2n) is 3.83. The molecular weight excluding hydrogens is 258 g/mol. The Morgan fingerprint density at radius 2 is 2.26 bits per heavy atom. The summed E-state index contributed by atoms with van der Waals surface area (Å²) in [6.07, 6.45) is 3.23. The first-order valence-corrected chi connectivity index (χ1v) is 5.46. The Bertz CT molecular complexity index is 578. The van der Waals surface area contributed by atoms with Crippen LogP contribution >= 0.6 is 0 Å². The third-order valence-corrected chi connectivity index (χ3v) is 2.72. The van der Waals surface area contributed by atoms with Crippen molar-refractivity contribution in [2.75, 3.05) is 7.11 Å². The highest BCUT2D eigenvalue weighted by Gasteiger charge is 2.24. The zero-order chi connectivity index (χ0) is 14.0. The van der Waals surface area contributed by atoms with Gasteiger partial charge in [-0.3, -0.25) is 4.68 Å². The number of methoxy groups -OCH3 is 1. The van der Waals surface area contributed by atoms with Gasteiger partial charge in [0.15, 0.2) is 5.69 Å². The maximum Gasteiger partial charge on any atom is 0.358 e. The van der Waals surface area contributed by atoms with Gasteiger partial charge in [0, 0.05) is 23.7 Å². The Morgan fingerprint density at radius 1 is 1.53 bits per heavy atom. The van der Waals surface area contributed by atoms with Gasteiger partial charge in [-0.05, 0) is 13.0 Å². The van der Waals surface area contributed by atoms with Gasteiger partial charge in [-0.2, -0.15) is 19.0 Å². The molecule has 0 spiro atoms. The molecule has 19 heavy (non-hydrogen) atoms. The van der Waals surface area contributed by atoms with Gasteiger partial charge in [-0.1, -0.05) is 0 Å². The molecular formula is C11H12F2N4O2. The number of alkyl halides is 2. The number of rotatable bonds is 4. The van der Waals surface area contributed by atoms with Crippen LogP contribution < -0.4 is 0 Å². The van der Waals surface area contributed by atoms with E-state index in [0.29, 0.717) is 10.2 Å². The summed E-state index contributed by atoms with van der Waals surface area (Å²) in [5, 5.41) is 7.58. The molecule has 0 aliphatic carbocycles. The van der Waals surface area contributed by atoms with Crippen LogP contribution in [0.15, 0.2) is 18.5 Å². The first-order valence-electron chi connectivity index (χ1n) is 5.46. The lowest BCUT2D eigenvalue weighted by Crippen LogP contribution is -2.09. The summed E-state index contributed by atoms with van der Waals surface area (Å²) in [4.78, 5) is 11.6. The van der Waals surface area contributed by atoms with E-state index in [1.54, 1.807) is 18.5 Å². The molecule has 0 amide bonds. The molecule has 6 nitrogen and oxygen atoms in total. The minimum Gasteiger partial charge on any atom is -0.464 e. The Hall–Kier alpha value is -2.25. The van der Waals surface area contributed by atoms with Crippen LogP contribution in [-0.2, 0) is 11.3 Å². The van der Waals surface area contributed by atoms with E-state index in [1.807, 2.05) is 0 Å². The molecule has 0 unspecified atom stereocenters. The quantitative estimate of drug-likeness (QED) is 0.792. The lowest BCUT2D eigenvalue weighted by Gasteiger charge is -2.04. The fourth-order valence-corrected chi connectivity index (χ4v) is 1.75. The molecule has 2 aromatic rings. The van der Waals surface area contributed by atoms with Crippen molar-refractivity contribution in [3.8, 4) is 0 Å². The Labute approximate surface area is 107 Å². The number of carbonyl (C=O) groups excluding carboxylic acids is 1. The zero-order valence-corrected chi connectivity index (χ0v) is 10.4. The Balaban J connectivity index is 2.46. The third kappa shape index (κ3) is 2.47. The predicted molar refractivity (Wildman–Crippen MR) is 60.9 cm³/mol.